The molecule has 0 spiro atoms. The lowest BCUT2D eigenvalue weighted by Gasteiger charge is -2.11. The topological polar surface area (TPSA) is 75.9 Å². The number of para-hydroxylation sites is 2. The van der Waals surface area contributed by atoms with Crippen molar-refractivity contribution < 1.29 is 18.3 Å². The number of hydrogen-bond donors (Lipinski definition) is 2. The lowest BCUT2D eigenvalue weighted by atomic mass is 10.3. The third-order valence-corrected chi connectivity index (χ3v) is 3.71. The van der Waals surface area contributed by atoms with E-state index in [1.807, 2.05) is 0 Å². The highest BCUT2D eigenvalue weighted by molar-refractivity contribution is 5.85. The summed E-state index contributed by atoms with van der Waals surface area (Å²) < 4.78 is 40.7. The second kappa shape index (κ2) is 5.08. The number of nitrogens with zero attached hydrogens (tertiary/aromatic N) is 4. The fraction of sp³-hybridized carbons (Fsp3) is 0.267. The molecule has 1 aliphatic carbocycles. The van der Waals surface area contributed by atoms with Crippen molar-refractivity contribution in [2.75, 3.05) is 5.32 Å². The number of nitrogens with one attached hydrogen (secondary N) is 1. The third kappa shape index (κ3) is 2.51. The molecule has 2 N–H and O–H groups in total. The van der Waals surface area contributed by atoms with Gasteiger partial charge in [-0.2, -0.15) is 13.2 Å². The first-order valence-corrected chi connectivity index (χ1v) is 7.30. The van der Waals surface area contributed by atoms with Crippen LogP contribution in [-0.2, 0) is 6.18 Å². The average Bonchev–Trinajstić information content (AvgIpc) is 3.23. The summed E-state index contributed by atoms with van der Waals surface area (Å²) in [5.74, 6) is -1.26. The molecule has 1 saturated carbocycles. The number of imidazole rings is 1. The third-order valence-electron chi connectivity index (χ3n) is 3.71. The van der Waals surface area contributed by atoms with Gasteiger partial charge in [0, 0.05) is 6.04 Å². The predicted molar refractivity (Wildman–Crippen MR) is 80.0 cm³/mol. The maximum absolute atomic E-state index is 13.1. The van der Waals surface area contributed by atoms with Gasteiger partial charge in [-0.3, -0.25) is 4.57 Å². The molecular formula is C15H12F3N5O. The van der Waals surface area contributed by atoms with Crippen LogP contribution >= 0.6 is 0 Å². The van der Waals surface area contributed by atoms with Crippen LogP contribution in [0.3, 0.4) is 0 Å². The molecule has 0 saturated heterocycles. The number of phenolic OH excluding ortho intramolecular Hbond substituents is 1. The first-order chi connectivity index (χ1) is 11.4. The molecule has 4 rings (SSSR count). The van der Waals surface area contributed by atoms with Crippen LogP contribution in [0.2, 0.25) is 0 Å². The van der Waals surface area contributed by atoms with Gasteiger partial charge in [-0.05, 0) is 25.0 Å². The van der Waals surface area contributed by atoms with Gasteiger partial charge >= 0.3 is 6.18 Å². The number of fused-ring (bicyclic) bond motifs is 1. The highest BCUT2D eigenvalue weighted by Gasteiger charge is 2.37. The minimum absolute atomic E-state index is 0.0121. The van der Waals surface area contributed by atoms with Crippen molar-refractivity contribution in [3.8, 4) is 11.4 Å². The molecule has 124 valence electrons. The molecule has 1 aliphatic rings. The Hall–Kier alpha value is -2.84. The Morgan fingerprint density at radius 2 is 1.92 bits per heavy atom. The van der Waals surface area contributed by atoms with E-state index in [9.17, 15) is 18.3 Å². The van der Waals surface area contributed by atoms with Crippen LogP contribution in [0, 0.1) is 0 Å². The van der Waals surface area contributed by atoms with Gasteiger partial charge in [-0.15, -0.1) is 0 Å². The van der Waals surface area contributed by atoms with Gasteiger partial charge in [-0.1, -0.05) is 12.1 Å². The number of alkyl halides is 3. The molecule has 1 fully saturated rings. The van der Waals surface area contributed by atoms with Crippen molar-refractivity contribution in [2.24, 2.45) is 0 Å². The number of phenols is 1. The minimum Gasteiger partial charge on any atom is -0.506 e. The summed E-state index contributed by atoms with van der Waals surface area (Å²) in [6.45, 7) is 0. The number of aromatic hydroxyl groups is 1. The van der Waals surface area contributed by atoms with Gasteiger partial charge in [0.25, 0.3) is 0 Å². The van der Waals surface area contributed by atoms with E-state index in [0.29, 0.717) is 5.69 Å². The summed E-state index contributed by atoms with van der Waals surface area (Å²) in [5, 5.41) is 12.9. The van der Waals surface area contributed by atoms with Crippen LogP contribution in [0.5, 0.6) is 5.75 Å². The van der Waals surface area contributed by atoms with Gasteiger partial charge < -0.3 is 10.4 Å². The molecule has 2 aromatic heterocycles. The number of hydrogen-bond acceptors (Lipinski definition) is 5. The van der Waals surface area contributed by atoms with E-state index in [2.05, 4.69) is 20.3 Å². The fourth-order valence-electron chi connectivity index (χ4n) is 2.39. The SMILES string of the molecule is Oc1ccccc1-n1cnc2c(NC3CC3)nc(C(F)(F)F)nc21. The van der Waals surface area contributed by atoms with Crippen LogP contribution in [0.1, 0.15) is 18.7 Å². The fourth-order valence-corrected chi connectivity index (χ4v) is 2.39. The Morgan fingerprint density at radius 3 is 2.58 bits per heavy atom. The molecule has 2 heterocycles. The number of anilines is 1. The molecule has 1 aromatic carbocycles. The molecule has 0 amide bonds. The van der Waals surface area contributed by atoms with Crippen LogP contribution in [0.15, 0.2) is 30.6 Å². The Bertz CT molecular complexity index is 917. The number of benzene rings is 1. The van der Waals surface area contributed by atoms with E-state index < -0.39 is 12.0 Å². The first kappa shape index (κ1) is 14.7. The molecule has 24 heavy (non-hydrogen) atoms. The maximum Gasteiger partial charge on any atom is 0.451 e. The molecule has 0 radical (unpaired) electrons. The zero-order valence-corrected chi connectivity index (χ0v) is 12.2. The van der Waals surface area contributed by atoms with Gasteiger partial charge in [0.05, 0.1) is 5.69 Å². The average molecular weight is 335 g/mol. The highest BCUT2D eigenvalue weighted by atomic mass is 19.4. The maximum atomic E-state index is 13.1. The highest BCUT2D eigenvalue weighted by Crippen LogP contribution is 2.33. The Morgan fingerprint density at radius 1 is 1.17 bits per heavy atom. The Kier molecular flexibility index (Phi) is 3.12. The quantitative estimate of drug-likeness (QED) is 0.769. The molecule has 0 aliphatic heterocycles. The van der Waals surface area contributed by atoms with Crippen molar-refractivity contribution in [3.63, 3.8) is 0 Å². The lowest BCUT2D eigenvalue weighted by molar-refractivity contribution is -0.144. The largest absolute Gasteiger partial charge is 0.506 e. The second-order valence-electron chi connectivity index (χ2n) is 5.59. The summed E-state index contributed by atoms with van der Waals surface area (Å²) in [6.07, 6.45) is -1.59. The summed E-state index contributed by atoms with van der Waals surface area (Å²) in [6, 6.07) is 6.40. The zero-order valence-electron chi connectivity index (χ0n) is 12.2. The normalized spacial score (nSPS) is 15.0. The van der Waals surface area contributed by atoms with Gasteiger partial charge in [-0.25, -0.2) is 15.0 Å². The monoisotopic (exact) mass is 335 g/mol. The first-order valence-electron chi connectivity index (χ1n) is 7.30. The Balaban J connectivity index is 1.95. The van der Waals surface area contributed by atoms with Crippen LogP contribution in [0.25, 0.3) is 16.9 Å². The Labute approximate surface area is 134 Å². The van der Waals surface area contributed by atoms with Crippen LogP contribution in [0.4, 0.5) is 19.0 Å². The number of aromatic nitrogens is 4. The standard InChI is InChI=1S/C15H12F3N5O/c16-15(17,18)14-21-12(20-8-5-6-8)11-13(22-14)23(7-19-11)9-3-1-2-4-10(9)24/h1-4,7-8,24H,5-6H2,(H,20,21,22). The zero-order chi connectivity index (χ0) is 16.9. The van der Waals surface area contributed by atoms with Crippen molar-refractivity contribution in [1.82, 2.24) is 19.5 Å². The van der Waals surface area contributed by atoms with Crippen LogP contribution < -0.4 is 5.32 Å². The predicted octanol–water partition coefficient (Wildman–Crippen LogP) is 3.11. The smallest absolute Gasteiger partial charge is 0.451 e. The van der Waals surface area contributed by atoms with E-state index >= 15 is 0 Å². The van der Waals surface area contributed by atoms with Crippen molar-refractivity contribution in [3.05, 3.63) is 36.4 Å². The van der Waals surface area contributed by atoms with Crippen molar-refractivity contribution in [1.29, 1.82) is 0 Å². The second-order valence-corrected chi connectivity index (χ2v) is 5.59. The van der Waals surface area contributed by atoms with Crippen molar-refractivity contribution >= 4 is 17.0 Å². The number of halogens is 3. The van der Waals surface area contributed by atoms with Gasteiger partial charge in [0.2, 0.25) is 5.82 Å². The molecule has 3 aromatic rings. The molecule has 6 nitrogen and oxygen atoms in total. The molecule has 0 atom stereocenters. The number of rotatable bonds is 3. The van der Waals surface area contributed by atoms with E-state index in [-0.39, 0.29) is 28.8 Å². The minimum atomic E-state index is -4.68. The van der Waals surface area contributed by atoms with E-state index in [1.165, 1.54) is 17.0 Å². The molecule has 9 heteroatoms. The summed E-state index contributed by atoms with van der Waals surface area (Å²) in [5.41, 5.74) is 0.518. The summed E-state index contributed by atoms with van der Waals surface area (Å²) >= 11 is 0. The van der Waals surface area contributed by atoms with Crippen molar-refractivity contribution in [2.45, 2.75) is 25.1 Å². The van der Waals surface area contributed by atoms with Crippen LogP contribution in [-0.4, -0.2) is 30.7 Å². The lowest BCUT2D eigenvalue weighted by Crippen LogP contribution is -2.15. The summed E-state index contributed by atoms with van der Waals surface area (Å²) in [7, 11) is 0. The van der Waals surface area contributed by atoms with Gasteiger partial charge in [0.1, 0.15) is 12.1 Å². The van der Waals surface area contributed by atoms with E-state index in [0.717, 1.165) is 12.8 Å². The molecular weight excluding hydrogens is 323 g/mol. The van der Waals surface area contributed by atoms with Gasteiger partial charge in [0.15, 0.2) is 17.0 Å². The van der Waals surface area contributed by atoms with E-state index in [4.69, 9.17) is 0 Å². The molecule has 0 unspecified atom stereocenters. The molecule has 0 bridgehead atoms. The van der Waals surface area contributed by atoms with E-state index in [1.54, 1.807) is 18.2 Å². The summed E-state index contributed by atoms with van der Waals surface area (Å²) in [4.78, 5) is 11.4.